The third-order valence-electron chi connectivity index (χ3n) is 3.53. The van der Waals surface area contributed by atoms with Crippen LogP contribution in [-0.2, 0) is 6.42 Å². The van der Waals surface area contributed by atoms with Gasteiger partial charge in [0.2, 0.25) is 0 Å². The summed E-state index contributed by atoms with van der Waals surface area (Å²) in [6.07, 6.45) is 1.04. The smallest absolute Gasteiger partial charge is 0.123 e. The highest BCUT2D eigenvalue weighted by molar-refractivity contribution is 5.59. The number of nitrogens with zero attached hydrogens (tertiary/aromatic N) is 1. The average molecular weight is 264 g/mol. The first-order chi connectivity index (χ1) is 9.76. The summed E-state index contributed by atoms with van der Waals surface area (Å²) in [6, 6.07) is 16.1. The summed E-state index contributed by atoms with van der Waals surface area (Å²) < 4.78 is 5.89. The second kappa shape index (κ2) is 5.26. The fourth-order valence-electron chi connectivity index (χ4n) is 2.49. The zero-order chi connectivity index (χ0) is 13.9. The Bertz CT molecular complexity index is 648. The Morgan fingerprint density at radius 1 is 1.30 bits per heavy atom. The van der Waals surface area contributed by atoms with Crippen LogP contribution in [0.2, 0.25) is 0 Å². The highest BCUT2D eigenvalue weighted by Gasteiger charge is 2.22. The van der Waals surface area contributed by atoms with Crippen molar-refractivity contribution in [1.82, 2.24) is 0 Å². The number of nitriles is 1. The molecule has 1 aliphatic heterocycles. The lowest BCUT2D eigenvalue weighted by Crippen LogP contribution is -2.24. The van der Waals surface area contributed by atoms with Crippen LogP contribution in [0.15, 0.2) is 42.5 Å². The van der Waals surface area contributed by atoms with Gasteiger partial charge in [-0.2, -0.15) is 5.26 Å². The molecule has 0 fully saturated rings. The van der Waals surface area contributed by atoms with Gasteiger partial charge in [0.25, 0.3) is 0 Å². The van der Waals surface area contributed by atoms with Crippen molar-refractivity contribution >= 4 is 5.69 Å². The molecular formula is C17H16N2O. The topological polar surface area (TPSA) is 45.0 Å². The Labute approximate surface area is 118 Å². The lowest BCUT2D eigenvalue weighted by atomic mass is 10.1. The molecule has 1 heterocycles. The van der Waals surface area contributed by atoms with Crippen LogP contribution < -0.4 is 10.1 Å². The van der Waals surface area contributed by atoms with Gasteiger partial charge in [0.15, 0.2) is 0 Å². The molecule has 0 saturated carbocycles. The van der Waals surface area contributed by atoms with Crippen molar-refractivity contribution in [2.75, 3.05) is 11.9 Å². The van der Waals surface area contributed by atoms with Crippen LogP contribution >= 0.6 is 0 Å². The van der Waals surface area contributed by atoms with Gasteiger partial charge in [-0.25, -0.2) is 0 Å². The van der Waals surface area contributed by atoms with Crippen molar-refractivity contribution in [2.24, 2.45) is 0 Å². The molecule has 0 saturated heterocycles. The minimum absolute atomic E-state index is 0.124. The summed E-state index contributed by atoms with van der Waals surface area (Å²) in [5, 5.41) is 12.5. The normalized spacial score (nSPS) is 16.1. The highest BCUT2D eigenvalue weighted by atomic mass is 16.5. The molecule has 0 aliphatic carbocycles. The third kappa shape index (κ3) is 2.46. The third-order valence-corrected chi connectivity index (χ3v) is 3.53. The molecule has 100 valence electrons. The van der Waals surface area contributed by atoms with E-state index in [9.17, 15) is 0 Å². The molecule has 3 heteroatoms. The maximum atomic E-state index is 9.12. The first kappa shape index (κ1) is 12.6. The molecule has 2 aromatic rings. The van der Waals surface area contributed by atoms with E-state index in [-0.39, 0.29) is 6.10 Å². The zero-order valence-electron chi connectivity index (χ0n) is 11.4. The van der Waals surface area contributed by atoms with Gasteiger partial charge in [0, 0.05) is 6.42 Å². The quantitative estimate of drug-likeness (QED) is 0.925. The van der Waals surface area contributed by atoms with E-state index >= 15 is 0 Å². The summed E-state index contributed by atoms with van der Waals surface area (Å²) in [5.41, 5.74) is 3.95. The Morgan fingerprint density at radius 3 is 2.95 bits per heavy atom. The number of hydrogen-bond donors (Lipinski definition) is 1. The highest BCUT2D eigenvalue weighted by Crippen LogP contribution is 2.28. The molecule has 3 rings (SSSR count). The van der Waals surface area contributed by atoms with Crippen molar-refractivity contribution < 1.29 is 4.74 Å². The largest absolute Gasteiger partial charge is 0.488 e. The lowest BCUT2D eigenvalue weighted by molar-refractivity contribution is 0.246. The predicted molar refractivity (Wildman–Crippen MR) is 78.9 cm³/mol. The van der Waals surface area contributed by atoms with Gasteiger partial charge in [-0.3, -0.25) is 0 Å². The van der Waals surface area contributed by atoms with Crippen LogP contribution in [0.25, 0.3) is 0 Å². The Morgan fingerprint density at radius 2 is 2.15 bits per heavy atom. The number of para-hydroxylation sites is 1. The van der Waals surface area contributed by atoms with Crippen molar-refractivity contribution in [3.05, 3.63) is 59.2 Å². The second-order valence-electron chi connectivity index (χ2n) is 5.09. The monoisotopic (exact) mass is 264 g/mol. The van der Waals surface area contributed by atoms with E-state index in [0.29, 0.717) is 12.1 Å². The number of benzene rings is 2. The molecule has 1 atom stereocenters. The van der Waals surface area contributed by atoms with Crippen LogP contribution in [0.5, 0.6) is 5.75 Å². The van der Waals surface area contributed by atoms with E-state index in [4.69, 9.17) is 10.00 Å². The number of rotatable bonds is 3. The van der Waals surface area contributed by atoms with Gasteiger partial charge < -0.3 is 10.1 Å². The lowest BCUT2D eigenvalue weighted by Gasteiger charge is -2.14. The minimum Gasteiger partial charge on any atom is -0.488 e. The van der Waals surface area contributed by atoms with Crippen LogP contribution in [-0.4, -0.2) is 12.6 Å². The predicted octanol–water partition coefficient (Wildman–Crippen LogP) is 3.28. The Hall–Kier alpha value is -2.47. The number of aryl methyl sites for hydroxylation is 1. The number of fused-ring (bicyclic) bond motifs is 1. The van der Waals surface area contributed by atoms with Crippen molar-refractivity contribution in [1.29, 1.82) is 5.26 Å². The van der Waals surface area contributed by atoms with Crippen molar-refractivity contribution in [2.45, 2.75) is 19.4 Å². The minimum atomic E-state index is 0.124. The number of ether oxygens (including phenoxy) is 1. The fourth-order valence-corrected chi connectivity index (χ4v) is 2.49. The standard InChI is InChI=1S/C17H16N2O/c1-12-6-7-14(10-18)16(8-12)19-11-15-9-13-4-2-3-5-17(13)20-15/h2-8,15,19H,9,11H2,1H3. The number of nitrogens with one attached hydrogen (secondary N) is 1. The van der Waals surface area contributed by atoms with E-state index in [2.05, 4.69) is 17.5 Å². The number of anilines is 1. The van der Waals surface area contributed by atoms with Gasteiger partial charge in [0.05, 0.1) is 17.8 Å². The van der Waals surface area contributed by atoms with Crippen LogP contribution in [0.4, 0.5) is 5.69 Å². The van der Waals surface area contributed by atoms with Gasteiger partial charge >= 0.3 is 0 Å². The molecule has 3 nitrogen and oxygen atoms in total. The average Bonchev–Trinajstić information content (AvgIpc) is 2.88. The molecule has 0 radical (unpaired) electrons. The van der Waals surface area contributed by atoms with Crippen LogP contribution in [0, 0.1) is 18.3 Å². The first-order valence-electron chi connectivity index (χ1n) is 6.75. The summed E-state index contributed by atoms with van der Waals surface area (Å²) in [4.78, 5) is 0. The molecule has 20 heavy (non-hydrogen) atoms. The fraction of sp³-hybridized carbons (Fsp3) is 0.235. The van der Waals surface area contributed by atoms with E-state index < -0.39 is 0 Å². The van der Waals surface area contributed by atoms with Gasteiger partial charge in [-0.05, 0) is 36.2 Å². The molecule has 2 aromatic carbocycles. The Kier molecular flexibility index (Phi) is 3.30. The molecular weight excluding hydrogens is 248 g/mol. The van der Waals surface area contributed by atoms with Crippen molar-refractivity contribution in [3.63, 3.8) is 0 Å². The molecule has 1 aliphatic rings. The second-order valence-corrected chi connectivity index (χ2v) is 5.09. The van der Waals surface area contributed by atoms with Crippen molar-refractivity contribution in [3.8, 4) is 11.8 Å². The summed E-state index contributed by atoms with van der Waals surface area (Å²) in [7, 11) is 0. The maximum Gasteiger partial charge on any atom is 0.123 e. The van der Waals surface area contributed by atoms with Gasteiger partial charge in [-0.15, -0.1) is 0 Å². The van der Waals surface area contributed by atoms with Crippen LogP contribution in [0.1, 0.15) is 16.7 Å². The van der Waals surface area contributed by atoms with Gasteiger partial charge in [-0.1, -0.05) is 24.3 Å². The summed E-state index contributed by atoms with van der Waals surface area (Å²) in [6.45, 7) is 2.72. The SMILES string of the molecule is Cc1ccc(C#N)c(NCC2Cc3ccccc3O2)c1. The first-order valence-corrected chi connectivity index (χ1v) is 6.75. The van der Waals surface area contributed by atoms with E-state index in [0.717, 1.165) is 23.4 Å². The van der Waals surface area contributed by atoms with E-state index in [1.807, 2.05) is 43.3 Å². The molecule has 1 N–H and O–H groups in total. The van der Waals surface area contributed by atoms with E-state index in [1.165, 1.54) is 5.56 Å². The summed E-state index contributed by atoms with van der Waals surface area (Å²) in [5.74, 6) is 0.976. The molecule has 1 unspecified atom stereocenters. The Balaban J connectivity index is 1.67. The molecule has 0 bridgehead atoms. The number of hydrogen-bond acceptors (Lipinski definition) is 3. The van der Waals surface area contributed by atoms with Crippen LogP contribution in [0.3, 0.4) is 0 Å². The summed E-state index contributed by atoms with van der Waals surface area (Å²) >= 11 is 0. The van der Waals surface area contributed by atoms with E-state index in [1.54, 1.807) is 0 Å². The van der Waals surface area contributed by atoms with Gasteiger partial charge in [0.1, 0.15) is 17.9 Å². The zero-order valence-corrected chi connectivity index (χ0v) is 11.4. The maximum absolute atomic E-state index is 9.12. The molecule has 0 spiro atoms. The molecule has 0 amide bonds. The molecule has 0 aromatic heterocycles.